The van der Waals surface area contributed by atoms with E-state index in [1.54, 1.807) is 14.2 Å². The van der Waals surface area contributed by atoms with Crippen LogP contribution in [0.2, 0.25) is 0 Å². The minimum Gasteiger partial charge on any atom is -0.495 e. The Morgan fingerprint density at radius 1 is 1.09 bits per heavy atom. The molecule has 0 radical (unpaired) electrons. The molecule has 0 unspecified atom stereocenters. The van der Waals surface area contributed by atoms with E-state index in [4.69, 9.17) is 9.47 Å². The van der Waals surface area contributed by atoms with E-state index in [0.29, 0.717) is 12.0 Å². The Balaban J connectivity index is 2.32. The number of halogens is 1. The minimum atomic E-state index is 0.412. The normalized spacial score (nSPS) is 17.3. The second-order valence-corrected chi connectivity index (χ2v) is 7.31. The van der Waals surface area contributed by atoms with Crippen molar-refractivity contribution in [1.82, 2.24) is 10.2 Å². The fraction of sp³-hybridized carbons (Fsp3) is 0.667. The zero-order chi connectivity index (χ0) is 16.8. The van der Waals surface area contributed by atoms with Crippen molar-refractivity contribution >= 4 is 15.9 Å². The lowest BCUT2D eigenvalue weighted by atomic mass is 9.95. The summed E-state index contributed by atoms with van der Waals surface area (Å²) in [6, 6.07) is 4.72. The summed E-state index contributed by atoms with van der Waals surface area (Å²) in [5.41, 5.74) is 1.28. The molecule has 0 saturated carbocycles. The van der Waals surface area contributed by atoms with Crippen LogP contribution in [0.25, 0.3) is 0 Å². The summed E-state index contributed by atoms with van der Waals surface area (Å²) in [5, 5.41) is 3.44. The molecule has 1 aliphatic heterocycles. The monoisotopic (exact) mass is 384 g/mol. The van der Waals surface area contributed by atoms with Crippen LogP contribution in [0.15, 0.2) is 16.6 Å². The van der Waals surface area contributed by atoms with Gasteiger partial charge >= 0.3 is 0 Å². The maximum absolute atomic E-state index is 5.53. The van der Waals surface area contributed by atoms with Gasteiger partial charge in [0, 0.05) is 32.2 Å². The number of rotatable bonds is 7. The van der Waals surface area contributed by atoms with Crippen LogP contribution in [0, 0.1) is 5.92 Å². The number of hydrogen-bond acceptors (Lipinski definition) is 4. The molecule has 0 spiro atoms. The molecule has 1 aromatic rings. The fourth-order valence-corrected chi connectivity index (χ4v) is 3.68. The van der Waals surface area contributed by atoms with Gasteiger partial charge in [0.05, 0.1) is 14.2 Å². The fourth-order valence-electron chi connectivity index (χ4n) is 3.13. The number of hydrogen-bond donors (Lipinski definition) is 1. The number of nitrogens with one attached hydrogen (secondary N) is 1. The van der Waals surface area contributed by atoms with E-state index in [0.717, 1.165) is 48.6 Å². The molecule has 1 aliphatic rings. The molecule has 130 valence electrons. The van der Waals surface area contributed by atoms with Crippen molar-refractivity contribution in [3.63, 3.8) is 0 Å². The first-order chi connectivity index (χ1) is 11.1. The van der Waals surface area contributed by atoms with Crippen LogP contribution in [0.1, 0.15) is 38.3 Å². The topological polar surface area (TPSA) is 33.7 Å². The van der Waals surface area contributed by atoms with Gasteiger partial charge in [-0.05, 0) is 52.4 Å². The average Bonchev–Trinajstić information content (AvgIpc) is 2.56. The molecule has 1 heterocycles. The van der Waals surface area contributed by atoms with E-state index in [1.165, 1.54) is 12.0 Å². The van der Waals surface area contributed by atoms with Crippen LogP contribution in [0.5, 0.6) is 11.5 Å². The summed E-state index contributed by atoms with van der Waals surface area (Å²) >= 11 is 3.57. The molecule has 0 aromatic heterocycles. The van der Waals surface area contributed by atoms with Crippen molar-refractivity contribution in [3.8, 4) is 11.5 Å². The number of benzene rings is 1. The van der Waals surface area contributed by atoms with Crippen LogP contribution < -0.4 is 14.8 Å². The van der Waals surface area contributed by atoms with Gasteiger partial charge in [-0.15, -0.1) is 0 Å². The van der Waals surface area contributed by atoms with Crippen LogP contribution in [0.4, 0.5) is 0 Å². The zero-order valence-electron chi connectivity index (χ0n) is 14.7. The summed E-state index contributed by atoms with van der Waals surface area (Å²) in [5.74, 6) is 2.38. The largest absolute Gasteiger partial charge is 0.495 e. The molecule has 1 fully saturated rings. The van der Waals surface area contributed by atoms with Crippen LogP contribution >= 0.6 is 15.9 Å². The molecular weight excluding hydrogens is 356 g/mol. The smallest absolute Gasteiger partial charge is 0.137 e. The molecule has 23 heavy (non-hydrogen) atoms. The van der Waals surface area contributed by atoms with Gasteiger partial charge < -0.3 is 14.8 Å². The first-order valence-electron chi connectivity index (χ1n) is 8.43. The Labute approximate surface area is 148 Å². The van der Waals surface area contributed by atoms with E-state index < -0.39 is 0 Å². The lowest BCUT2D eigenvalue weighted by Crippen LogP contribution is -2.45. The molecule has 0 aliphatic carbocycles. The van der Waals surface area contributed by atoms with Crippen molar-refractivity contribution in [2.45, 2.75) is 32.7 Å². The Hall–Kier alpha value is -0.780. The Morgan fingerprint density at radius 3 is 2.13 bits per heavy atom. The van der Waals surface area contributed by atoms with Crippen LogP contribution in [-0.4, -0.2) is 45.3 Å². The molecule has 0 amide bonds. The van der Waals surface area contributed by atoms with Crippen molar-refractivity contribution in [3.05, 3.63) is 22.2 Å². The average molecular weight is 385 g/mol. The summed E-state index contributed by atoms with van der Waals surface area (Å²) in [6.45, 7) is 8.87. The van der Waals surface area contributed by atoms with E-state index >= 15 is 0 Å². The number of methoxy groups -OCH3 is 2. The van der Waals surface area contributed by atoms with Crippen molar-refractivity contribution < 1.29 is 9.47 Å². The highest BCUT2D eigenvalue weighted by Crippen LogP contribution is 2.39. The summed E-state index contributed by atoms with van der Waals surface area (Å²) in [4.78, 5) is 2.58. The van der Waals surface area contributed by atoms with Crippen LogP contribution in [-0.2, 0) is 0 Å². The maximum atomic E-state index is 5.53. The molecular formula is C18H29BrN2O2. The first kappa shape index (κ1) is 18.6. The van der Waals surface area contributed by atoms with Gasteiger partial charge in [0.25, 0.3) is 0 Å². The standard InChI is InChI=1S/C18H29BrN2O2/c1-13(2)5-6-15(21-9-7-20-8-10-21)14-11-16(22-3)18(19)17(12-14)23-4/h11-13,15,20H,5-10H2,1-4H3/t15-/m1/s1. The third-order valence-electron chi connectivity index (χ3n) is 4.46. The second-order valence-electron chi connectivity index (χ2n) is 6.51. The van der Waals surface area contributed by atoms with E-state index in [9.17, 15) is 0 Å². The molecule has 1 saturated heterocycles. The van der Waals surface area contributed by atoms with E-state index in [-0.39, 0.29) is 0 Å². The van der Waals surface area contributed by atoms with E-state index in [1.807, 2.05) is 0 Å². The SMILES string of the molecule is COc1cc([C@@H](CCC(C)C)N2CCNCC2)cc(OC)c1Br. The van der Waals surface area contributed by atoms with Gasteiger partial charge in [0.15, 0.2) is 0 Å². The molecule has 0 bridgehead atoms. The van der Waals surface area contributed by atoms with Gasteiger partial charge in [-0.3, -0.25) is 4.90 Å². The predicted molar refractivity (Wildman–Crippen MR) is 98.5 cm³/mol. The number of nitrogens with zero attached hydrogens (tertiary/aromatic N) is 1. The highest BCUT2D eigenvalue weighted by atomic mass is 79.9. The van der Waals surface area contributed by atoms with Gasteiger partial charge in [0.2, 0.25) is 0 Å². The molecule has 1 aromatic carbocycles. The van der Waals surface area contributed by atoms with Crippen molar-refractivity contribution in [2.24, 2.45) is 5.92 Å². The Bertz CT molecular complexity index is 477. The lowest BCUT2D eigenvalue weighted by molar-refractivity contribution is 0.159. The Kier molecular flexibility index (Phi) is 7.18. The highest BCUT2D eigenvalue weighted by molar-refractivity contribution is 9.10. The molecule has 1 N–H and O–H groups in total. The second kappa shape index (κ2) is 8.90. The maximum Gasteiger partial charge on any atom is 0.137 e. The van der Waals surface area contributed by atoms with Gasteiger partial charge in [-0.25, -0.2) is 0 Å². The quantitative estimate of drug-likeness (QED) is 0.773. The van der Waals surface area contributed by atoms with Crippen LogP contribution in [0.3, 0.4) is 0 Å². The van der Waals surface area contributed by atoms with Crippen molar-refractivity contribution in [2.75, 3.05) is 40.4 Å². The predicted octanol–water partition coefficient (Wildman–Crippen LogP) is 3.85. The highest BCUT2D eigenvalue weighted by Gasteiger charge is 2.24. The summed E-state index contributed by atoms with van der Waals surface area (Å²) in [7, 11) is 3.41. The lowest BCUT2D eigenvalue weighted by Gasteiger charge is -2.36. The van der Waals surface area contributed by atoms with Gasteiger partial charge in [0.1, 0.15) is 16.0 Å². The third-order valence-corrected chi connectivity index (χ3v) is 5.24. The van der Waals surface area contributed by atoms with E-state index in [2.05, 4.69) is 52.1 Å². The molecule has 4 nitrogen and oxygen atoms in total. The zero-order valence-corrected chi connectivity index (χ0v) is 16.3. The number of piperazine rings is 1. The van der Waals surface area contributed by atoms with Gasteiger partial charge in [-0.1, -0.05) is 13.8 Å². The minimum absolute atomic E-state index is 0.412. The summed E-state index contributed by atoms with van der Waals surface area (Å²) in [6.07, 6.45) is 2.38. The van der Waals surface area contributed by atoms with Crippen molar-refractivity contribution in [1.29, 1.82) is 0 Å². The molecule has 2 rings (SSSR count). The summed E-state index contributed by atoms with van der Waals surface area (Å²) < 4.78 is 12.0. The first-order valence-corrected chi connectivity index (χ1v) is 9.22. The molecule has 5 heteroatoms. The number of ether oxygens (including phenoxy) is 2. The van der Waals surface area contributed by atoms with Gasteiger partial charge in [-0.2, -0.15) is 0 Å². The third kappa shape index (κ3) is 4.85. The Morgan fingerprint density at radius 2 is 1.65 bits per heavy atom. The molecule has 1 atom stereocenters.